The number of morpholine rings is 1. The second-order valence-corrected chi connectivity index (χ2v) is 4.93. The third kappa shape index (κ3) is 5.00. The Morgan fingerprint density at radius 2 is 2.10 bits per heavy atom. The molecule has 1 fully saturated rings. The van der Waals surface area contributed by atoms with Crippen LogP contribution in [0.3, 0.4) is 0 Å². The summed E-state index contributed by atoms with van der Waals surface area (Å²) < 4.78 is 10.6. The molecule has 0 saturated carbocycles. The molecule has 6 heteroatoms. The standard InChI is InChI=1S/C14H19ClN2O3/c15-12-3-1-2-4-13(12)20-11-14(18)16-5-6-17-7-9-19-10-8-17/h1-4H,5-11H2,(H,16,18). The van der Waals surface area contributed by atoms with Gasteiger partial charge in [0, 0.05) is 26.2 Å². The molecule has 1 saturated heterocycles. The molecule has 1 heterocycles. The number of rotatable bonds is 6. The summed E-state index contributed by atoms with van der Waals surface area (Å²) >= 11 is 5.94. The van der Waals surface area contributed by atoms with Gasteiger partial charge in [0.2, 0.25) is 0 Å². The van der Waals surface area contributed by atoms with Gasteiger partial charge in [0.1, 0.15) is 5.75 Å². The third-order valence-corrected chi connectivity index (χ3v) is 3.36. The Morgan fingerprint density at radius 3 is 2.85 bits per heavy atom. The summed E-state index contributed by atoms with van der Waals surface area (Å²) in [7, 11) is 0. The van der Waals surface area contributed by atoms with Gasteiger partial charge in [-0.3, -0.25) is 9.69 Å². The minimum Gasteiger partial charge on any atom is -0.482 e. The summed E-state index contributed by atoms with van der Waals surface area (Å²) in [4.78, 5) is 13.9. The molecule has 1 aromatic rings. The van der Waals surface area contributed by atoms with Gasteiger partial charge in [-0.1, -0.05) is 23.7 Å². The first kappa shape index (κ1) is 15.1. The first-order valence-electron chi connectivity index (χ1n) is 6.70. The van der Waals surface area contributed by atoms with E-state index >= 15 is 0 Å². The van der Waals surface area contributed by atoms with Gasteiger partial charge in [-0.15, -0.1) is 0 Å². The van der Waals surface area contributed by atoms with Crippen molar-refractivity contribution < 1.29 is 14.3 Å². The fraction of sp³-hybridized carbons (Fsp3) is 0.500. The second-order valence-electron chi connectivity index (χ2n) is 4.52. The van der Waals surface area contributed by atoms with E-state index in [4.69, 9.17) is 21.1 Å². The molecule has 0 spiro atoms. The highest BCUT2D eigenvalue weighted by atomic mass is 35.5. The number of amides is 1. The minimum atomic E-state index is -0.141. The Balaban J connectivity index is 1.62. The largest absolute Gasteiger partial charge is 0.482 e. The van der Waals surface area contributed by atoms with E-state index in [2.05, 4.69) is 10.2 Å². The van der Waals surface area contributed by atoms with Gasteiger partial charge in [0.15, 0.2) is 6.61 Å². The molecule has 1 aromatic carbocycles. The Morgan fingerprint density at radius 1 is 1.35 bits per heavy atom. The molecule has 1 aliphatic rings. The van der Waals surface area contributed by atoms with Crippen molar-refractivity contribution in [3.63, 3.8) is 0 Å². The van der Waals surface area contributed by atoms with Crippen LogP contribution < -0.4 is 10.1 Å². The molecule has 1 aliphatic heterocycles. The number of carbonyl (C=O) groups is 1. The predicted octanol–water partition coefficient (Wildman–Crippen LogP) is 1.17. The van der Waals surface area contributed by atoms with E-state index in [0.29, 0.717) is 17.3 Å². The topological polar surface area (TPSA) is 50.8 Å². The molecule has 5 nitrogen and oxygen atoms in total. The van der Waals surface area contributed by atoms with Gasteiger partial charge in [-0.05, 0) is 12.1 Å². The first-order chi connectivity index (χ1) is 9.75. The fourth-order valence-electron chi connectivity index (χ4n) is 1.93. The van der Waals surface area contributed by atoms with Crippen molar-refractivity contribution in [2.45, 2.75) is 0 Å². The molecule has 1 N–H and O–H groups in total. The van der Waals surface area contributed by atoms with Crippen LogP contribution in [0.15, 0.2) is 24.3 Å². The van der Waals surface area contributed by atoms with Crippen molar-refractivity contribution in [1.29, 1.82) is 0 Å². The number of nitrogens with one attached hydrogen (secondary N) is 1. The summed E-state index contributed by atoms with van der Waals surface area (Å²) in [5.41, 5.74) is 0. The van der Waals surface area contributed by atoms with Crippen LogP contribution in [0.2, 0.25) is 5.02 Å². The van der Waals surface area contributed by atoms with E-state index in [9.17, 15) is 4.79 Å². The lowest BCUT2D eigenvalue weighted by Gasteiger charge is -2.26. The van der Waals surface area contributed by atoms with E-state index in [1.54, 1.807) is 12.1 Å². The van der Waals surface area contributed by atoms with Crippen molar-refractivity contribution in [3.05, 3.63) is 29.3 Å². The van der Waals surface area contributed by atoms with Gasteiger partial charge in [-0.25, -0.2) is 0 Å². The van der Waals surface area contributed by atoms with Crippen LogP contribution in [0.5, 0.6) is 5.75 Å². The Bertz CT molecular complexity index is 436. The van der Waals surface area contributed by atoms with Crippen LogP contribution in [0.1, 0.15) is 0 Å². The van der Waals surface area contributed by atoms with Gasteiger partial charge in [0.05, 0.1) is 18.2 Å². The predicted molar refractivity (Wildman–Crippen MR) is 77.2 cm³/mol. The lowest BCUT2D eigenvalue weighted by atomic mass is 10.3. The fourth-order valence-corrected chi connectivity index (χ4v) is 2.12. The average molecular weight is 299 g/mol. The highest BCUT2D eigenvalue weighted by Crippen LogP contribution is 2.22. The zero-order valence-corrected chi connectivity index (χ0v) is 12.1. The number of para-hydroxylation sites is 1. The van der Waals surface area contributed by atoms with E-state index in [-0.39, 0.29) is 12.5 Å². The zero-order valence-electron chi connectivity index (χ0n) is 11.3. The quantitative estimate of drug-likeness (QED) is 0.856. The van der Waals surface area contributed by atoms with Gasteiger partial charge < -0.3 is 14.8 Å². The number of benzene rings is 1. The summed E-state index contributed by atoms with van der Waals surface area (Å²) in [6.07, 6.45) is 0. The Kier molecular flexibility index (Phi) is 6.11. The van der Waals surface area contributed by atoms with Crippen LogP contribution in [-0.4, -0.2) is 56.8 Å². The molecule has 0 bridgehead atoms. The van der Waals surface area contributed by atoms with E-state index in [0.717, 1.165) is 32.8 Å². The molecule has 20 heavy (non-hydrogen) atoms. The van der Waals surface area contributed by atoms with Gasteiger partial charge in [-0.2, -0.15) is 0 Å². The number of ether oxygens (including phenoxy) is 2. The summed E-state index contributed by atoms with van der Waals surface area (Å²) in [5.74, 6) is 0.385. The van der Waals surface area contributed by atoms with Crippen molar-refractivity contribution in [3.8, 4) is 5.75 Å². The number of nitrogens with zero attached hydrogens (tertiary/aromatic N) is 1. The van der Waals surface area contributed by atoms with Crippen LogP contribution in [0, 0.1) is 0 Å². The van der Waals surface area contributed by atoms with Crippen molar-refractivity contribution >= 4 is 17.5 Å². The van der Waals surface area contributed by atoms with Crippen LogP contribution in [-0.2, 0) is 9.53 Å². The lowest BCUT2D eigenvalue weighted by Crippen LogP contribution is -2.42. The Hall–Kier alpha value is -1.30. The minimum absolute atomic E-state index is 0.0210. The van der Waals surface area contributed by atoms with E-state index in [1.807, 2.05) is 12.1 Å². The summed E-state index contributed by atoms with van der Waals surface area (Å²) in [6.45, 7) is 4.81. The molecule has 0 atom stereocenters. The van der Waals surface area contributed by atoms with Crippen LogP contribution >= 0.6 is 11.6 Å². The van der Waals surface area contributed by atoms with Crippen molar-refractivity contribution in [2.75, 3.05) is 46.0 Å². The molecule has 0 aliphatic carbocycles. The number of carbonyl (C=O) groups excluding carboxylic acids is 1. The van der Waals surface area contributed by atoms with Gasteiger partial charge >= 0.3 is 0 Å². The van der Waals surface area contributed by atoms with Crippen LogP contribution in [0.25, 0.3) is 0 Å². The number of hydrogen-bond donors (Lipinski definition) is 1. The maximum absolute atomic E-state index is 11.6. The molecule has 110 valence electrons. The number of hydrogen-bond acceptors (Lipinski definition) is 4. The smallest absolute Gasteiger partial charge is 0.257 e. The molecular weight excluding hydrogens is 280 g/mol. The molecule has 0 unspecified atom stereocenters. The van der Waals surface area contributed by atoms with Crippen molar-refractivity contribution in [1.82, 2.24) is 10.2 Å². The first-order valence-corrected chi connectivity index (χ1v) is 7.07. The maximum Gasteiger partial charge on any atom is 0.257 e. The Labute approximate surface area is 123 Å². The summed E-state index contributed by atoms with van der Waals surface area (Å²) in [5, 5.41) is 3.34. The normalized spacial score (nSPS) is 15.8. The maximum atomic E-state index is 11.6. The second kappa shape index (κ2) is 8.09. The van der Waals surface area contributed by atoms with Crippen molar-refractivity contribution in [2.24, 2.45) is 0 Å². The molecule has 0 aromatic heterocycles. The molecule has 2 rings (SSSR count). The highest BCUT2D eigenvalue weighted by molar-refractivity contribution is 6.32. The average Bonchev–Trinajstić information content (AvgIpc) is 2.47. The lowest BCUT2D eigenvalue weighted by molar-refractivity contribution is -0.123. The highest BCUT2D eigenvalue weighted by Gasteiger charge is 2.10. The van der Waals surface area contributed by atoms with E-state index < -0.39 is 0 Å². The summed E-state index contributed by atoms with van der Waals surface area (Å²) in [6, 6.07) is 7.10. The molecule has 1 amide bonds. The third-order valence-electron chi connectivity index (χ3n) is 3.05. The van der Waals surface area contributed by atoms with Gasteiger partial charge in [0.25, 0.3) is 5.91 Å². The monoisotopic (exact) mass is 298 g/mol. The zero-order chi connectivity index (χ0) is 14.2. The van der Waals surface area contributed by atoms with E-state index in [1.165, 1.54) is 0 Å². The van der Waals surface area contributed by atoms with Crippen LogP contribution in [0.4, 0.5) is 0 Å². The molecular formula is C14H19ClN2O3. The SMILES string of the molecule is O=C(COc1ccccc1Cl)NCCN1CCOCC1. The molecule has 0 radical (unpaired) electrons. The number of halogens is 1.